The molecule has 1 aromatic heterocycles. The molecule has 1 nitrogen and oxygen atoms in total. The quantitative estimate of drug-likeness (QED) is 0.301. The van der Waals surface area contributed by atoms with E-state index in [4.69, 9.17) is 11.6 Å². The summed E-state index contributed by atoms with van der Waals surface area (Å²) in [5.74, 6) is 0. The van der Waals surface area contributed by atoms with Crippen LogP contribution in [0.5, 0.6) is 0 Å². The van der Waals surface area contributed by atoms with Crippen molar-refractivity contribution in [2.75, 3.05) is 0 Å². The summed E-state index contributed by atoms with van der Waals surface area (Å²) in [5, 5.41) is 0.676. The van der Waals surface area contributed by atoms with Gasteiger partial charge in [-0.15, -0.1) is 12.1 Å². The Labute approximate surface area is 65.3 Å². The smallest absolute Gasteiger partial charge is 0.394 e. The second kappa shape index (κ2) is 3.97. The Morgan fingerprint density at radius 3 is 2.62 bits per heavy atom. The molecule has 0 fully saturated rings. The van der Waals surface area contributed by atoms with Gasteiger partial charge in [-0.05, 0) is 0 Å². The Hall–Kier alpha value is 0.0374. The number of hydrogen-bond donors (Lipinski definition) is 0. The fraction of sp³-hybridized carbons (Fsp3) is 0. The van der Waals surface area contributed by atoms with E-state index in [-0.39, 0.29) is 18.9 Å². The molecule has 8 heavy (non-hydrogen) atoms. The molecule has 1 rings (SSSR count). The third-order valence-electron chi connectivity index (χ3n) is 0.585. The first-order chi connectivity index (χ1) is 3.39. The van der Waals surface area contributed by atoms with Crippen molar-refractivity contribution >= 4 is 11.6 Å². The summed E-state index contributed by atoms with van der Waals surface area (Å²) >= 11 is 5.47. The largest absolute Gasteiger partial charge is 1.00 e. The summed E-state index contributed by atoms with van der Waals surface area (Å²) in [5.41, 5.74) is 0. The van der Waals surface area contributed by atoms with Crippen molar-refractivity contribution in [2.45, 2.75) is 0 Å². The minimum Gasteiger partial charge on any atom is -0.394 e. The van der Waals surface area contributed by atoms with Crippen LogP contribution in [0.15, 0.2) is 18.3 Å². The van der Waals surface area contributed by atoms with Gasteiger partial charge in [0.05, 0.1) is 0 Å². The SMILES string of the molecule is Clc1c[c-]ncc1.[Li+]. The fourth-order valence-electron chi connectivity index (χ4n) is 0.299. The van der Waals surface area contributed by atoms with Crippen LogP contribution in [0.1, 0.15) is 0 Å². The van der Waals surface area contributed by atoms with Crippen molar-refractivity contribution in [3.8, 4) is 0 Å². The maximum atomic E-state index is 5.47. The van der Waals surface area contributed by atoms with Crippen LogP contribution >= 0.6 is 11.6 Å². The molecule has 0 aliphatic carbocycles. The van der Waals surface area contributed by atoms with Gasteiger partial charge in [-0.3, -0.25) is 0 Å². The maximum absolute atomic E-state index is 5.47. The van der Waals surface area contributed by atoms with E-state index in [1.165, 1.54) is 0 Å². The van der Waals surface area contributed by atoms with E-state index in [0.717, 1.165) is 0 Å². The summed E-state index contributed by atoms with van der Waals surface area (Å²) in [6.07, 6.45) is 4.18. The molecule has 1 heterocycles. The molecule has 3 heteroatoms. The second-order valence-electron chi connectivity index (χ2n) is 1.10. The van der Waals surface area contributed by atoms with Gasteiger partial charge in [0, 0.05) is 0 Å². The Balaban J connectivity index is 0.000000490. The fourth-order valence-corrected chi connectivity index (χ4v) is 0.404. The zero-order valence-electron chi connectivity index (χ0n) is 4.56. The summed E-state index contributed by atoms with van der Waals surface area (Å²) in [7, 11) is 0. The van der Waals surface area contributed by atoms with Crippen LogP contribution in [-0.2, 0) is 0 Å². The van der Waals surface area contributed by atoms with Crippen LogP contribution in [-0.4, -0.2) is 4.98 Å². The summed E-state index contributed by atoms with van der Waals surface area (Å²) in [4.78, 5) is 3.64. The molecular weight excluding hydrogens is 116 g/mol. The first-order valence-electron chi connectivity index (χ1n) is 1.87. The van der Waals surface area contributed by atoms with Crippen molar-refractivity contribution in [3.05, 3.63) is 29.5 Å². The van der Waals surface area contributed by atoms with Crippen LogP contribution < -0.4 is 18.9 Å². The van der Waals surface area contributed by atoms with E-state index >= 15 is 0 Å². The molecule has 0 aliphatic heterocycles. The molecule has 0 N–H and O–H groups in total. The molecular formula is C5H3ClLiN. The van der Waals surface area contributed by atoms with Gasteiger partial charge in [0.15, 0.2) is 0 Å². The molecule has 0 aromatic carbocycles. The topological polar surface area (TPSA) is 12.9 Å². The summed E-state index contributed by atoms with van der Waals surface area (Å²) < 4.78 is 0. The zero-order valence-corrected chi connectivity index (χ0v) is 5.31. The van der Waals surface area contributed by atoms with Gasteiger partial charge in [-0.2, -0.15) is 11.6 Å². The molecule has 0 atom stereocenters. The maximum Gasteiger partial charge on any atom is 1.00 e. The molecule has 0 radical (unpaired) electrons. The standard InChI is InChI=1S/C5H3ClN.Li/c6-5-1-3-7-4-2-5;/h1-3H;/q-1;+1. The summed E-state index contributed by atoms with van der Waals surface area (Å²) in [6.45, 7) is 0. The minimum absolute atomic E-state index is 0. The number of halogens is 1. The average Bonchev–Trinajstić information content (AvgIpc) is 1.69. The van der Waals surface area contributed by atoms with E-state index in [1.54, 1.807) is 18.3 Å². The molecule has 0 spiro atoms. The van der Waals surface area contributed by atoms with Crippen LogP contribution in [0.4, 0.5) is 0 Å². The zero-order chi connectivity index (χ0) is 5.11. The number of nitrogens with zero attached hydrogens (tertiary/aromatic N) is 1. The minimum atomic E-state index is 0. The average molecular weight is 119 g/mol. The van der Waals surface area contributed by atoms with E-state index in [0.29, 0.717) is 5.02 Å². The monoisotopic (exact) mass is 119 g/mol. The number of pyridine rings is 1. The molecule has 0 aliphatic rings. The van der Waals surface area contributed by atoms with E-state index < -0.39 is 0 Å². The van der Waals surface area contributed by atoms with Gasteiger partial charge in [0.2, 0.25) is 0 Å². The van der Waals surface area contributed by atoms with E-state index in [2.05, 4.69) is 11.2 Å². The Morgan fingerprint density at radius 1 is 1.62 bits per heavy atom. The van der Waals surface area contributed by atoms with Gasteiger partial charge < -0.3 is 4.98 Å². The van der Waals surface area contributed by atoms with Crippen LogP contribution in [0, 0.1) is 6.20 Å². The Morgan fingerprint density at radius 2 is 2.38 bits per heavy atom. The third-order valence-corrected chi connectivity index (χ3v) is 0.820. The van der Waals surface area contributed by atoms with E-state index in [1.807, 2.05) is 0 Å². The normalized spacial score (nSPS) is 7.62. The molecule has 0 unspecified atom stereocenters. The van der Waals surface area contributed by atoms with Crippen LogP contribution in [0.2, 0.25) is 5.02 Å². The van der Waals surface area contributed by atoms with Crippen LogP contribution in [0.3, 0.4) is 0 Å². The summed E-state index contributed by atoms with van der Waals surface area (Å²) in [6, 6.07) is 3.32. The van der Waals surface area contributed by atoms with Gasteiger partial charge in [-0.1, -0.05) is 17.4 Å². The molecule has 0 saturated heterocycles. The van der Waals surface area contributed by atoms with Gasteiger partial charge in [0.25, 0.3) is 0 Å². The predicted octanol–water partition coefficient (Wildman–Crippen LogP) is -1.46. The molecule has 36 valence electrons. The molecule has 0 amide bonds. The Kier molecular flexibility index (Phi) is 3.99. The van der Waals surface area contributed by atoms with Crippen molar-refractivity contribution in [3.63, 3.8) is 0 Å². The Bertz CT molecular complexity index is 142. The number of rotatable bonds is 0. The van der Waals surface area contributed by atoms with Crippen molar-refractivity contribution in [1.82, 2.24) is 4.98 Å². The van der Waals surface area contributed by atoms with Gasteiger partial charge in [0.1, 0.15) is 0 Å². The number of aromatic nitrogens is 1. The molecule has 1 aromatic rings. The van der Waals surface area contributed by atoms with Crippen LogP contribution in [0.25, 0.3) is 0 Å². The van der Waals surface area contributed by atoms with Gasteiger partial charge in [-0.25, -0.2) is 0 Å². The first kappa shape index (κ1) is 8.04. The predicted molar refractivity (Wildman–Crippen MR) is 28.1 cm³/mol. The third kappa shape index (κ3) is 2.37. The van der Waals surface area contributed by atoms with Gasteiger partial charge >= 0.3 is 18.9 Å². The first-order valence-corrected chi connectivity index (χ1v) is 2.25. The second-order valence-corrected chi connectivity index (χ2v) is 1.54. The van der Waals surface area contributed by atoms with Crippen molar-refractivity contribution < 1.29 is 18.9 Å². The molecule has 0 saturated carbocycles. The van der Waals surface area contributed by atoms with Crippen molar-refractivity contribution in [2.24, 2.45) is 0 Å². The van der Waals surface area contributed by atoms with Crippen molar-refractivity contribution in [1.29, 1.82) is 0 Å². The number of hydrogen-bond acceptors (Lipinski definition) is 1. The molecule has 0 bridgehead atoms. The van der Waals surface area contributed by atoms with E-state index in [9.17, 15) is 0 Å².